The lowest BCUT2D eigenvalue weighted by atomic mass is 10.0. The Bertz CT molecular complexity index is 419. The molecule has 1 aliphatic rings. The van der Waals surface area contributed by atoms with Crippen LogP contribution in [0.15, 0.2) is 18.2 Å². The zero-order valence-electron chi connectivity index (χ0n) is 9.63. The van der Waals surface area contributed by atoms with Gasteiger partial charge in [0.25, 0.3) is 0 Å². The van der Waals surface area contributed by atoms with Gasteiger partial charge in [-0.25, -0.2) is 4.39 Å². The maximum atomic E-state index is 13.4. The minimum absolute atomic E-state index is 0.0139. The molecule has 1 fully saturated rings. The minimum atomic E-state index is -0.412. The summed E-state index contributed by atoms with van der Waals surface area (Å²) in [4.78, 5) is 11.5. The Morgan fingerprint density at radius 1 is 1.59 bits per heavy atom. The predicted octanol–water partition coefficient (Wildman–Crippen LogP) is 0.670. The summed E-state index contributed by atoms with van der Waals surface area (Å²) in [6, 6.07) is 4.67. The molecule has 5 heteroatoms. The summed E-state index contributed by atoms with van der Waals surface area (Å²) in [5.41, 5.74) is 0.726. The lowest BCUT2D eigenvalue weighted by molar-refractivity contribution is -0.126. The SMILES string of the molecule is COc1ccc(CNC(=O)C2CNC2)cc1F. The first-order valence-electron chi connectivity index (χ1n) is 5.51. The first-order chi connectivity index (χ1) is 8.20. The van der Waals surface area contributed by atoms with Gasteiger partial charge in [-0.3, -0.25) is 4.79 Å². The van der Waals surface area contributed by atoms with Crippen LogP contribution in [-0.4, -0.2) is 26.1 Å². The van der Waals surface area contributed by atoms with Gasteiger partial charge in [-0.1, -0.05) is 6.07 Å². The molecule has 0 aliphatic carbocycles. The summed E-state index contributed by atoms with van der Waals surface area (Å²) in [5.74, 6) is -0.133. The van der Waals surface area contributed by atoms with Crippen molar-refractivity contribution in [2.75, 3.05) is 20.2 Å². The molecule has 1 heterocycles. The number of methoxy groups -OCH3 is 1. The number of hydrogen-bond acceptors (Lipinski definition) is 3. The van der Waals surface area contributed by atoms with Crippen LogP contribution in [0.5, 0.6) is 5.75 Å². The highest BCUT2D eigenvalue weighted by atomic mass is 19.1. The van der Waals surface area contributed by atoms with Crippen molar-refractivity contribution in [3.05, 3.63) is 29.6 Å². The highest BCUT2D eigenvalue weighted by Gasteiger charge is 2.24. The Kier molecular flexibility index (Phi) is 3.58. The molecular weight excluding hydrogens is 223 g/mol. The highest BCUT2D eigenvalue weighted by Crippen LogP contribution is 2.17. The molecule has 1 amide bonds. The number of carbonyl (C=O) groups excluding carboxylic acids is 1. The van der Waals surface area contributed by atoms with E-state index in [1.807, 2.05) is 0 Å². The predicted molar refractivity (Wildman–Crippen MR) is 61.2 cm³/mol. The molecule has 2 rings (SSSR count). The van der Waals surface area contributed by atoms with Crippen LogP contribution >= 0.6 is 0 Å². The zero-order chi connectivity index (χ0) is 12.3. The van der Waals surface area contributed by atoms with Crippen LogP contribution in [0.4, 0.5) is 4.39 Å². The Labute approximate surface area is 99.2 Å². The molecule has 17 heavy (non-hydrogen) atoms. The molecule has 1 aromatic rings. The van der Waals surface area contributed by atoms with Crippen LogP contribution < -0.4 is 15.4 Å². The van der Waals surface area contributed by atoms with E-state index in [0.29, 0.717) is 6.54 Å². The van der Waals surface area contributed by atoms with Gasteiger partial charge < -0.3 is 15.4 Å². The fourth-order valence-electron chi connectivity index (χ4n) is 1.63. The van der Waals surface area contributed by atoms with E-state index in [0.717, 1.165) is 18.7 Å². The average molecular weight is 238 g/mol. The van der Waals surface area contributed by atoms with Crippen molar-refractivity contribution >= 4 is 5.91 Å². The van der Waals surface area contributed by atoms with E-state index >= 15 is 0 Å². The normalized spacial score (nSPS) is 15.2. The van der Waals surface area contributed by atoms with Crippen LogP contribution in [0, 0.1) is 11.7 Å². The Morgan fingerprint density at radius 3 is 2.88 bits per heavy atom. The lowest BCUT2D eigenvalue weighted by Crippen LogP contribution is -2.50. The Morgan fingerprint density at radius 2 is 2.35 bits per heavy atom. The number of hydrogen-bond donors (Lipinski definition) is 2. The van der Waals surface area contributed by atoms with Crippen LogP contribution in [-0.2, 0) is 11.3 Å². The Balaban J connectivity index is 1.90. The van der Waals surface area contributed by atoms with Gasteiger partial charge in [0.05, 0.1) is 13.0 Å². The van der Waals surface area contributed by atoms with Gasteiger partial charge in [-0.05, 0) is 17.7 Å². The summed E-state index contributed by atoms with van der Waals surface area (Å²) in [7, 11) is 1.42. The molecule has 92 valence electrons. The third kappa shape index (κ3) is 2.74. The first kappa shape index (κ1) is 11.9. The lowest BCUT2D eigenvalue weighted by Gasteiger charge is -2.25. The molecule has 0 radical (unpaired) electrons. The standard InChI is InChI=1S/C12H15FN2O2/c1-17-11-3-2-8(4-10(11)13)5-15-12(16)9-6-14-7-9/h2-4,9,14H,5-7H2,1H3,(H,15,16). The second-order valence-electron chi connectivity index (χ2n) is 4.04. The van der Waals surface area contributed by atoms with Crippen molar-refractivity contribution in [3.63, 3.8) is 0 Å². The van der Waals surface area contributed by atoms with E-state index in [1.165, 1.54) is 13.2 Å². The third-order valence-corrected chi connectivity index (χ3v) is 2.84. The summed E-state index contributed by atoms with van der Waals surface area (Å²) in [6.07, 6.45) is 0. The molecular formula is C12H15FN2O2. The molecule has 0 atom stereocenters. The molecule has 0 bridgehead atoms. The molecule has 1 aliphatic heterocycles. The number of carbonyl (C=O) groups is 1. The average Bonchev–Trinajstić information content (AvgIpc) is 2.24. The highest BCUT2D eigenvalue weighted by molar-refractivity contribution is 5.79. The molecule has 0 spiro atoms. The van der Waals surface area contributed by atoms with Gasteiger partial charge in [-0.15, -0.1) is 0 Å². The minimum Gasteiger partial charge on any atom is -0.494 e. The van der Waals surface area contributed by atoms with Gasteiger partial charge in [0.2, 0.25) is 5.91 Å². The number of halogens is 1. The Hall–Kier alpha value is -1.62. The summed E-state index contributed by atoms with van der Waals surface area (Å²) in [5, 5.41) is 5.81. The zero-order valence-corrected chi connectivity index (χ0v) is 9.63. The molecule has 4 nitrogen and oxygen atoms in total. The van der Waals surface area contributed by atoms with E-state index in [9.17, 15) is 9.18 Å². The smallest absolute Gasteiger partial charge is 0.225 e. The number of rotatable bonds is 4. The number of ether oxygens (including phenoxy) is 1. The summed E-state index contributed by atoms with van der Waals surface area (Å²) in [6.45, 7) is 1.79. The molecule has 0 unspecified atom stereocenters. The van der Waals surface area contributed by atoms with Crippen molar-refractivity contribution in [1.29, 1.82) is 0 Å². The number of nitrogens with one attached hydrogen (secondary N) is 2. The molecule has 1 saturated heterocycles. The quantitative estimate of drug-likeness (QED) is 0.810. The largest absolute Gasteiger partial charge is 0.494 e. The van der Waals surface area contributed by atoms with Crippen LogP contribution in [0.3, 0.4) is 0 Å². The monoisotopic (exact) mass is 238 g/mol. The van der Waals surface area contributed by atoms with Gasteiger partial charge in [0, 0.05) is 19.6 Å². The van der Waals surface area contributed by atoms with Crippen molar-refractivity contribution < 1.29 is 13.9 Å². The second kappa shape index (κ2) is 5.14. The summed E-state index contributed by atoms with van der Waals surface area (Å²) >= 11 is 0. The number of benzene rings is 1. The van der Waals surface area contributed by atoms with Crippen molar-refractivity contribution in [2.24, 2.45) is 5.92 Å². The topological polar surface area (TPSA) is 50.4 Å². The van der Waals surface area contributed by atoms with Gasteiger partial charge in [0.1, 0.15) is 0 Å². The first-order valence-corrected chi connectivity index (χ1v) is 5.51. The maximum Gasteiger partial charge on any atom is 0.225 e. The molecule has 1 aromatic carbocycles. The third-order valence-electron chi connectivity index (χ3n) is 2.84. The molecule has 0 aromatic heterocycles. The van der Waals surface area contributed by atoms with Crippen molar-refractivity contribution in [2.45, 2.75) is 6.54 Å². The van der Waals surface area contributed by atoms with Gasteiger partial charge >= 0.3 is 0 Å². The van der Waals surface area contributed by atoms with E-state index < -0.39 is 5.82 Å². The van der Waals surface area contributed by atoms with Gasteiger partial charge in [0.15, 0.2) is 11.6 Å². The second-order valence-corrected chi connectivity index (χ2v) is 4.04. The molecule has 2 N–H and O–H groups in total. The van der Waals surface area contributed by atoms with E-state index in [-0.39, 0.29) is 17.6 Å². The fourth-order valence-corrected chi connectivity index (χ4v) is 1.63. The van der Waals surface area contributed by atoms with Crippen LogP contribution in [0.2, 0.25) is 0 Å². The van der Waals surface area contributed by atoms with E-state index in [1.54, 1.807) is 12.1 Å². The van der Waals surface area contributed by atoms with Crippen LogP contribution in [0.1, 0.15) is 5.56 Å². The maximum absolute atomic E-state index is 13.4. The van der Waals surface area contributed by atoms with Gasteiger partial charge in [-0.2, -0.15) is 0 Å². The molecule has 0 saturated carbocycles. The van der Waals surface area contributed by atoms with Crippen LogP contribution in [0.25, 0.3) is 0 Å². The van der Waals surface area contributed by atoms with E-state index in [2.05, 4.69) is 10.6 Å². The number of amides is 1. The fraction of sp³-hybridized carbons (Fsp3) is 0.417. The van der Waals surface area contributed by atoms with Crippen molar-refractivity contribution in [1.82, 2.24) is 10.6 Å². The van der Waals surface area contributed by atoms with Crippen molar-refractivity contribution in [3.8, 4) is 5.75 Å². The van der Waals surface area contributed by atoms with E-state index in [4.69, 9.17) is 4.74 Å². The summed E-state index contributed by atoms with van der Waals surface area (Å²) < 4.78 is 18.2.